The van der Waals surface area contributed by atoms with E-state index < -0.39 is 0 Å². The molecule has 4 N–H and O–H groups in total. The Morgan fingerprint density at radius 2 is 2.00 bits per heavy atom. The first kappa shape index (κ1) is 9.46. The van der Waals surface area contributed by atoms with Crippen molar-refractivity contribution in [2.45, 2.75) is 25.3 Å². The molecule has 0 aliphatic heterocycles. The predicted octanol–water partition coefficient (Wildman–Crippen LogP) is 2.21. The van der Waals surface area contributed by atoms with E-state index >= 15 is 0 Å². The number of hydrogen-bond donors (Lipinski definition) is 2. The molecule has 3 heteroatoms. The van der Waals surface area contributed by atoms with Gasteiger partial charge in [0.25, 0.3) is 0 Å². The average Bonchev–Trinajstić information content (AvgIpc) is 1.98. The minimum Gasteiger partial charge on any atom is -0.399 e. The minimum atomic E-state index is -0.297. The van der Waals surface area contributed by atoms with E-state index in [4.69, 9.17) is 11.5 Å². The topological polar surface area (TPSA) is 52.0 Å². The molecule has 1 atom stereocenters. The highest BCUT2D eigenvalue weighted by Crippen LogP contribution is 2.36. The molecule has 0 bridgehead atoms. The number of rotatable bonds is 2. The van der Waals surface area contributed by atoms with E-state index in [9.17, 15) is 4.39 Å². The van der Waals surface area contributed by atoms with Crippen LogP contribution in [0, 0.1) is 11.7 Å². The fourth-order valence-corrected chi connectivity index (χ4v) is 1.90. The largest absolute Gasteiger partial charge is 0.399 e. The molecule has 0 spiro atoms. The van der Waals surface area contributed by atoms with E-state index in [1.54, 1.807) is 6.07 Å². The van der Waals surface area contributed by atoms with Gasteiger partial charge in [0.2, 0.25) is 0 Å². The molecule has 2 rings (SSSR count). The van der Waals surface area contributed by atoms with Gasteiger partial charge in [-0.15, -0.1) is 0 Å². The summed E-state index contributed by atoms with van der Waals surface area (Å²) < 4.78 is 13.0. The monoisotopic (exact) mass is 194 g/mol. The van der Waals surface area contributed by atoms with Crippen LogP contribution in [0.1, 0.15) is 30.9 Å². The standard InChI is InChI=1S/C11H15FN2/c12-9-4-8(5-10(13)6-9)11(14)7-2-1-3-7/h4-7,11H,1-3,13-14H2. The molecule has 76 valence electrons. The molecule has 1 aliphatic carbocycles. The highest BCUT2D eigenvalue weighted by Gasteiger charge is 2.25. The number of nitrogens with two attached hydrogens (primary N) is 2. The van der Waals surface area contributed by atoms with Gasteiger partial charge < -0.3 is 11.5 Å². The summed E-state index contributed by atoms with van der Waals surface area (Å²) in [5.41, 5.74) is 12.9. The molecule has 0 radical (unpaired) electrons. The lowest BCUT2D eigenvalue weighted by Gasteiger charge is -2.31. The van der Waals surface area contributed by atoms with Crippen LogP contribution in [-0.4, -0.2) is 0 Å². The van der Waals surface area contributed by atoms with E-state index in [1.165, 1.54) is 18.6 Å². The SMILES string of the molecule is Nc1cc(F)cc(C(N)C2CCC2)c1. The van der Waals surface area contributed by atoms with Crippen LogP contribution < -0.4 is 11.5 Å². The maximum atomic E-state index is 13.0. The van der Waals surface area contributed by atoms with E-state index in [1.807, 2.05) is 0 Å². The van der Waals surface area contributed by atoms with Crippen LogP contribution in [-0.2, 0) is 0 Å². The van der Waals surface area contributed by atoms with Gasteiger partial charge in [0.05, 0.1) is 0 Å². The molecule has 1 aromatic carbocycles. The Balaban J connectivity index is 2.21. The molecular weight excluding hydrogens is 179 g/mol. The molecule has 0 aromatic heterocycles. The molecule has 1 aliphatic rings. The minimum absolute atomic E-state index is 0.0539. The van der Waals surface area contributed by atoms with Crippen molar-refractivity contribution in [2.24, 2.45) is 11.7 Å². The van der Waals surface area contributed by atoms with E-state index in [2.05, 4.69) is 0 Å². The fraction of sp³-hybridized carbons (Fsp3) is 0.455. The van der Waals surface area contributed by atoms with Gasteiger partial charge in [0.1, 0.15) is 5.82 Å². The van der Waals surface area contributed by atoms with Crippen LogP contribution >= 0.6 is 0 Å². The van der Waals surface area contributed by atoms with Crippen molar-refractivity contribution < 1.29 is 4.39 Å². The van der Waals surface area contributed by atoms with Crippen LogP contribution in [0.15, 0.2) is 18.2 Å². The number of halogens is 1. The second-order valence-electron chi connectivity index (χ2n) is 4.03. The third-order valence-electron chi connectivity index (χ3n) is 2.99. The van der Waals surface area contributed by atoms with Crippen LogP contribution in [0.4, 0.5) is 10.1 Å². The Kier molecular flexibility index (Phi) is 2.42. The van der Waals surface area contributed by atoms with E-state index in [0.717, 1.165) is 18.4 Å². The van der Waals surface area contributed by atoms with Gasteiger partial charge in [0.15, 0.2) is 0 Å². The van der Waals surface area contributed by atoms with Gasteiger partial charge in [-0.25, -0.2) is 4.39 Å². The molecular formula is C11H15FN2. The molecule has 14 heavy (non-hydrogen) atoms. The average molecular weight is 194 g/mol. The van der Waals surface area contributed by atoms with E-state index in [0.29, 0.717) is 11.6 Å². The van der Waals surface area contributed by atoms with Gasteiger partial charge in [-0.1, -0.05) is 6.42 Å². The van der Waals surface area contributed by atoms with Crippen molar-refractivity contribution in [3.63, 3.8) is 0 Å². The van der Waals surface area contributed by atoms with Gasteiger partial charge in [-0.05, 0) is 42.5 Å². The Morgan fingerprint density at radius 1 is 1.29 bits per heavy atom. The quantitative estimate of drug-likeness (QED) is 0.709. The van der Waals surface area contributed by atoms with Crippen molar-refractivity contribution in [3.05, 3.63) is 29.6 Å². The first-order chi connectivity index (χ1) is 6.66. The first-order valence-electron chi connectivity index (χ1n) is 4.98. The van der Waals surface area contributed by atoms with Crippen molar-refractivity contribution in [3.8, 4) is 0 Å². The Hall–Kier alpha value is -1.09. The third kappa shape index (κ3) is 1.73. The van der Waals surface area contributed by atoms with Gasteiger partial charge in [-0.2, -0.15) is 0 Å². The summed E-state index contributed by atoms with van der Waals surface area (Å²) in [6.07, 6.45) is 3.54. The van der Waals surface area contributed by atoms with Crippen molar-refractivity contribution in [1.29, 1.82) is 0 Å². The van der Waals surface area contributed by atoms with Crippen molar-refractivity contribution in [1.82, 2.24) is 0 Å². The zero-order valence-electron chi connectivity index (χ0n) is 8.04. The second-order valence-corrected chi connectivity index (χ2v) is 4.03. The summed E-state index contributed by atoms with van der Waals surface area (Å²) in [5.74, 6) is 0.214. The zero-order chi connectivity index (χ0) is 10.1. The van der Waals surface area contributed by atoms with Gasteiger partial charge in [0, 0.05) is 11.7 Å². The molecule has 1 fully saturated rings. The Bertz CT molecular complexity index is 314. The number of hydrogen-bond acceptors (Lipinski definition) is 2. The van der Waals surface area contributed by atoms with Crippen LogP contribution in [0.5, 0.6) is 0 Å². The maximum absolute atomic E-state index is 13.0. The molecule has 2 nitrogen and oxygen atoms in total. The molecule has 0 amide bonds. The first-order valence-corrected chi connectivity index (χ1v) is 4.98. The van der Waals surface area contributed by atoms with Crippen LogP contribution in [0.2, 0.25) is 0 Å². The van der Waals surface area contributed by atoms with Gasteiger partial charge in [-0.3, -0.25) is 0 Å². The number of benzene rings is 1. The molecule has 0 saturated heterocycles. The zero-order valence-corrected chi connectivity index (χ0v) is 8.04. The molecule has 1 saturated carbocycles. The highest BCUT2D eigenvalue weighted by atomic mass is 19.1. The number of nitrogen functional groups attached to an aromatic ring is 1. The Morgan fingerprint density at radius 3 is 2.50 bits per heavy atom. The predicted molar refractivity (Wildman–Crippen MR) is 55.1 cm³/mol. The molecule has 0 heterocycles. The summed E-state index contributed by atoms with van der Waals surface area (Å²) in [5, 5.41) is 0. The third-order valence-corrected chi connectivity index (χ3v) is 2.99. The summed E-state index contributed by atoms with van der Waals surface area (Å²) >= 11 is 0. The smallest absolute Gasteiger partial charge is 0.125 e. The van der Waals surface area contributed by atoms with E-state index in [-0.39, 0.29) is 11.9 Å². The maximum Gasteiger partial charge on any atom is 0.125 e. The highest BCUT2D eigenvalue weighted by molar-refractivity contribution is 5.42. The van der Waals surface area contributed by atoms with Crippen molar-refractivity contribution in [2.75, 3.05) is 5.73 Å². The lowest BCUT2D eigenvalue weighted by molar-refractivity contribution is 0.264. The summed E-state index contributed by atoms with van der Waals surface area (Å²) in [4.78, 5) is 0. The molecule has 1 aromatic rings. The molecule has 1 unspecified atom stereocenters. The lowest BCUT2D eigenvalue weighted by Crippen LogP contribution is -2.26. The van der Waals surface area contributed by atoms with Crippen LogP contribution in [0.25, 0.3) is 0 Å². The van der Waals surface area contributed by atoms with Crippen molar-refractivity contribution >= 4 is 5.69 Å². The second kappa shape index (κ2) is 3.58. The summed E-state index contributed by atoms with van der Waals surface area (Å²) in [6.45, 7) is 0. The normalized spacial score (nSPS) is 19.0. The van der Waals surface area contributed by atoms with Gasteiger partial charge >= 0.3 is 0 Å². The lowest BCUT2D eigenvalue weighted by atomic mass is 9.77. The Labute approximate surface area is 83.1 Å². The summed E-state index contributed by atoms with van der Waals surface area (Å²) in [7, 11) is 0. The fourth-order valence-electron chi connectivity index (χ4n) is 1.90. The summed E-state index contributed by atoms with van der Waals surface area (Å²) in [6, 6.07) is 4.52. The van der Waals surface area contributed by atoms with Crippen LogP contribution in [0.3, 0.4) is 0 Å². The number of anilines is 1.